The Hall–Kier alpha value is -2.80. The molecule has 1 N–H and O–H groups in total. The lowest BCUT2D eigenvalue weighted by Gasteiger charge is -2.09. The van der Waals surface area contributed by atoms with E-state index >= 15 is 0 Å². The van der Waals surface area contributed by atoms with E-state index in [1.807, 2.05) is 74.0 Å². The number of hydrogen-bond donors (Lipinski definition) is 1. The zero-order valence-electron chi connectivity index (χ0n) is 15.5. The number of carbonyl (C=O) groups excluding carboxylic acids is 1. The van der Waals surface area contributed by atoms with Crippen molar-refractivity contribution < 1.29 is 9.53 Å². The third kappa shape index (κ3) is 5.10. The fourth-order valence-corrected chi connectivity index (χ4v) is 3.28. The molecule has 0 radical (unpaired) electrons. The van der Waals surface area contributed by atoms with Crippen LogP contribution in [-0.4, -0.2) is 33.5 Å². The zero-order chi connectivity index (χ0) is 19.2. The minimum atomic E-state index is -0.178. The van der Waals surface area contributed by atoms with Gasteiger partial charge in [-0.1, -0.05) is 23.9 Å². The molecule has 1 amide bonds. The number of carbonyl (C=O) groups is 1. The Balaban J connectivity index is 1.50. The van der Waals surface area contributed by atoms with Crippen molar-refractivity contribution in [3.8, 4) is 5.75 Å². The number of ether oxygens (including phenoxy) is 1. The first-order chi connectivity index (χ1) is 13.0. The molecule has 0 bridgehead atoms. The lowest BCUT2D eigenvalue weighted by Crippen LogP contribution is -2.19. The number of nitrogens with one attached hydrogen (secondary N) is 1. The first kappa shape index (κ1) is 19.0. The fourth-order valence-electron chi connectivity index (χ4n) is 2.50. The predicted octanol–water partition coefficient (Wildman–Crippen LogP) is 3.60. The molecule has 1 heterocycles. The van der Waals surface area contributed by atoms with E-state index in [-0.39, 0.29) is 17.8 Å². The van der Waals surface area contributed by atoms with Crippen molar-refractivity contribution in [2.24, 2.45) is 12.1 Å². The molecule has 140 valence electrons. The minimum absolute atomic E-state index is 0.137. The van der Waals surface area contributed by atoms with Crippen molar-refractivity contribution in [1.29, 1.82) is 0 Å². The van der Waals surface area contributed by atoms with Crippen molar-refractivity contribution in [2.45, 2.75) is 25.1 Å². The van der Waals surface area contributed by atoms with Crippen LogP contribution in [0.2, 0.25) is 0 Å². The highest BCUT2D eigenvalue weighted by molar-refractivity contribution is 7.99. The third-order valence-corrected chi connectivity index (χ3v) is 4.76. The summed E-state index contributed by atoms with van der Waals surface area (Å²) in [6.07, 6.45) is 1.74. The maximum absolute atomic E-state index is 12.0. The van der Waals surface area contributed by atoms with Crippen LogP contribution in [-0.2, 0) is 11.8 Å². The molecular formula is C20H22N4O2S. The standard InChI is InChI=1S/C20H22N4O2S/c1-14(2)26-16-10-8-15(9-11-16)12-21-23-19(25)13-27-20-22-17-6-4-5-7-18(17)24(20)3/h4-12,14H,13H2,1-3H3,(H,23,25)/b21-12-. The summed E-state index contributed by atoms with van der Waals surface area (Å²) in [5.41, 5.74) is 5.39. The van der Waals surface area contributed by atoms with Crippen molar-refractivity contribution in [2.75, 3.05) is 5.75 Å². The first-order valence-electron chi connectivity index (χ1n) is 8.66. The van der Waals surface area contributed by atoms with Crippen LogP contribution in [0, 0.1) is 0 Å². The number of nitrogens with zero attached hydrogens (tertiary/aromatic N) is 3. The molecule has 0 spiro atoms. The van der Waals surface area contributed by atoms with Crippen LogP contribution in [0.1, 0.15) is 19.4 Å². The zero-order valence-corrected chi connectivity index (χ0v) is 16.4. The topological polar surface area (TPSA) is 68.5 Å². The van der Waals surface area contributed by atoms with Crippen molar-refractivity contribution in [3.63, 3.8) is 0 Å². The summed E-state index contributed by atoms with van der Waals surface area (Å²) in [5.74, 6) is 0.878. The number of rotatable bonds is 7. The van der Waals surface area contributed by atoms with Crippen molar-refractivity contribution in [3.05, 3.63) is 54.1 Å². The largest absolute Gasteiger partial charge is 0.491 e. The van der Waals surface area contributed by atoms with Crippen LogP contribution < -0.4 is 10.2 Å². The summed E-state index contributed by atoms with van der Waals surface area (Å²) in [6, 6.07) is 15.4. The van der Waals surface area contributed by atoms with Crippen molar-refractivity contribution >= 4 is 34.9 Å². The van der Waals surface area contributed by atoms with Crippen LogP contribution in [0.25, 0.3) is 11.0 Å². The fraction of sp³-hybridized carbons (Fsp3) is 0.250. The van der Waals surface area contributed by atoms with Gasteiger partial charge in [-0.15, -0.1) is 0 Å². The molecule has 3 aromatic rings. The van der Waals surface area contributed by atoms with Gasteiger partial charge in [-0.05, 0) is 55.8 Å². The second-order valence-corrected chi connectivity index (χ2v) is 7.20. The number of aryl methyl sites for hydroxylation is 1. The normalized spacial score (nSPS) is 11.4. The van der Waals surface area contributed by atoms with E-state index in [9.17, 15) is 4.79 Å². The van der Waals surface area contributed by atoms with Crippen LogP contribution >= 0.6 is 11.8 Å². The molecule has 0 aliphatic heterocycles. The highest BCUT2D eigenvalue weighted by Gasteiger charge is 2.09. The summed E-state index contributed by atoms with van der Waals surface area (Å²) >= 11 is 1.38. The van der Waals surface area contributed by atoms with Gasteiger partial charge in [0.25, 0.3) is 5.91 Å². The molecule has 3 rings (SSSR count). The molecule has 0 aliphatic rings. The Morgan fingerprint density at radius 3 is 2.70 bits per heavy atom. The summed E-state index contributed by atoms with van der Waals surface area (Å²) in [5, 5.41) is 4.81. The number of benzene rings is 2. The van der Waals surface area contributed by atoms with E-state index in [1.54, 1.807) is 6.21 Å². The molecule has 1 aromatic heterocycles. The highest BCUT2D eigenvalue weighted by Crippen LogP contribution is 2.22. The Labute approximate surface area is 162 Å². The van der Waals surface area contributed by atoms with E-state index in [0.717, 1.165) is 27.5 Å². The highest BCUT2D eigenvalue weighted by atomic mass is 32.2. The molecule has 0 saturated heterocycles. The molecule has 0 saturated carbocycles. The maximum atomic E-state index is 12.0. The number of thioether (sulfide) groups is 1. The van der Waals surface area contributed by atoms with Crippen molar-refractivity contribution in [1.82, 2.24) is 15.0 Å². The minimum Gasteiger partial charge on any atom is -0.491 e. The predicted molar refractivity (Wildman–Crippen MR) is 109 cm³/mol. The van der Waals surface area contributed by atoms with Gasteiger partial charge in [-0.3, -0.25) is 4.79 Å². The van der Waals surface area contributed by atoms with Gasteiger partial charge >= 0.3 is 0 Å². The SMILES string of the molecule is CC(C)Oc1ccc(/C=N\NC(=O)CSc2nc3ccccc3n2C)cc1. The Morgan fingerprint density at radius 1 is 1.26 bits per heavy atom. The van der Waals surface area contributed by atoms with Gasteiger partial charge in [0, 0.05) is 7.05 Å². The van der Waals surface area contributed by atoms with Gasteiger partial charge in [0.2, 0.25) is 0 Å². The molecule has 2 aromatic carbocycles. The van der Waals surface area contributed by atoms with E-state index in [1.165, 1.54) is 11.8 Å². The number of fused-ring (bicyclic) bond motifs is 1. The number of imidazole rings is 1. The summed E-state index contributed by atoms with van der Waals surface area (Å²) in [4.78, 5) is 16.5. The number of amides is 1. The Kier molecular flexibility index (Phi) is 6.13. The van der Waals surface area contributed by atoms with Gasteiger partial charge < -0.3 is 9.30 Å². The summed E-state index contributed by atoms with van der Waals surface area (Å²) in [7, 11) is 1.94. The number of hydrogen-bond acceptors (Lipinski definition) is 5. The van der Waals surface area contributed by atoms with Crippen LogP contribution in [0.15, 0.2) is 58.8 Å². The van der Waals surface area contributed by atoms with E-state index in [4.69, 9.17) is 4.74 Å². The number of aromatic nitrogens is 2. The molecule has 6 nitrogen and oxygen atoms in total. The maximum Gasteiger partial charge on any atom is 0.250 e. The van der Waals surface area contributed by atoms with Gasteiger partial charge in [-0.25, -0.2) is 10.4 Å². The summed E-state index contributed by atoms with van der Waals surface area (Å²) < 4.78 is 7.58. The first-order valence-corrected chi connectivity index (χ1v) is 9.64. The van der Waals surface area contributed by atoms with E-state index in [2.05, 4.69) is 15.5 Å². The molecule has 0 fully saturated rings. The molecule has 7 heteroatoms. The third-order valence-electron chi connectivity index (χ3n) is 3.73. The van der Waals surface area contributed by atoms with E-state index in [0.29, 0.717) is 0 Å². The molecule has 0 aliphatic carbocycles. The average molecular weight is 382 g/mol. The van der Waals surface area contributed by atoms with Crippen LogP contribution in [0.3, 0.4) is 0 Å². The Bertz CT molecular complexity index is 948. The number of hydrazone groups is 1. The average Bonchev–Trinajstić information content (AvgIpc) is 2.97. The molecule has 27 heavy (non-hydrogen) atoms. The monoisotopic (exact) mass is 382 g/mol. The van der Waals surface area contributed by atoms with Crippen LogP contribution in [0.4, 0.5) is 0 Å². The smallest absolute Gasteiger partial charge is 0.250 e. The van der Waals surface area contributed by atoms with Gasteiger partial charge in [0.1, 0.15) is 5.75 Å². The van der Waals surface area contributed by atoms with Gasteiger partial charge in [0.15, 0.2) is 5.16 Å². The number of para-hydroxylation sites is 2. The lowest BCUT2D eigenvalue weighted by atomic mass is 10.2. The quantitative estimate of drug-likeness (QED) is 0.385. The van der Waals surface area contributed by atoms with Gasteiger partial charge in [0.05, 0.1) is 29.1 Å². The molecule has 0 unspecified atom stereocenters. The van der Waals surface area contributed by atoms with Crippen LogP contribution in [0.5, 0.6) is 5.75 Å². The Morgan fingerprint density at radius 2 is 2.00 bits per heavy atom. The second-order valence-electron chi connectivity index (χ2n) is 6.26. The molecular weight excluding hydrogens is 360 g/mol. The van der Waals surface area contributed by atoms with Gasteiger partial charge in [-0.2, -0.15) is 5.10 Å². The second kappa shape index (κ2) is 8.73. The lowest BCUT2D eigenvalue weighted by molar-refractivity contribution is -0.118. The molecule has 0 atom stereocenters. The summed E-state index contributed by atoms with van der Waals surface area (Å²) in [6.45, 7) is 3.97. The van der Waals surface area contributed by atoms with E-state index < -0.39 is 0 Å².